The number of fused-ring (bicyclic) bond motifs is 3. The van der Waals surface area contributed by atoms with Crippen molar-refractivity contribution in [2.45, 2.75) is 24.2 Å². The minimum atomic E-state index is -0.716. The van der Waals surface area contributed by atoms with Crippen molar-refractivity contribution in [3.8, 4) is 11.1 Å². The van der Waals surface area contributed by atoms with E-state index in [0.717, 1.165) is 0 Å². The zero-order chi connectivity index (χ0) is 24.6. The minimum absolute atomic E-state index is 0.536. The summed E-state index contributed by atoms with van der Waals surface area (Å²) >= 11 is 0. The molecule has 7 rings (SSSR count). The lowest BCUT2D eigenvalue weighted by Crippen LogP contribution is -2.31. The van der Waals surface area contributed by atoms with Crippen molar-refractivity contribution in [2.24, 2.45) is 0 Å². The summed E-state index contributed by atoms with van der Waals surface area (Å²) in [4.78, 5) is 0. The van der Waals surface area contributed by atoms with Crippen molar-refractivity contribution in [2.75, 3.05) is 4.44 Å². The normalized spacial score (nSPS) is 20.9. The largest absolute Gasteiger partial charge is 0.319 e. The predicted octanol–water partition coefficient (Wildman–Crippen LogP) is 9.19. The van der Waals surface area contributed by atoms with Gasteiger partial charge in [-0.25, -0.2) is 0 Å². The van der Waals surface area contributed by atoms with Crippen molar-refractivity contribution in [1.82, 2.24) is 0 Å². The van der Waals surface area contributed by atoms with Gasteiger partial charge in [0.2, 0.25) is 0 Å². The molecule has 2 aliphatic rings. The van der Waals surface area contributed by atoms with E-state index in [9.17, 15) is 0 Å². The molecular formula is C34H29NP2. The molecule has 0 spiro atoms. The number of rotatable bonds is 4. The molecule has 0 amide bonds. The fraction of sp³-hybridized carbons (Fsp3) is 0.118. The Kier molecular flexibility index (Phi) is 6.14. The van der Waals surface area contributed by atoms with Gasteiger partial charge >= 0.3 is 0 Å². The van der Waals surface area contributed by atoms with Crippen molar-refractivity contribution < 1.29 is 0 Å². The number of hydrogen-bond donors (Lipinski definition) is 0. The molecule has 1 unspecified atom stereocenters. The second-order valence-corrected chi connectivity index (χ2v) is 14.5. The molecule has 1 fully saturated rings. The van der Waals surface area contributed by atoms with Crippen LogP contribution in [-0.4, -0.2) is 0 Å². The Labute approximate surface area is 222 Å². The van der Waals surface area contributed by atoms with Gasteiger partial charge in [-0.1, -0.05) is 133 Å². The highest BCUT2D eigenvalue weighted by atomic mass is 31.2. The van der Waals surface area contributed by atoms with E-state index in [4.69, 9.17) is 0 Å². The van der Waals surface area contributed by atoms with Gasteiger partial charge in [-0.3, -0.25) is 0 Å². The maximum atomic E-state index is 2.93. The quantitative estimate of drug-likeness (QED) is 0.217. The number of anilines is 1. The molecular weight excluding hydrogens is 484 g/mol. The molecule has 2 heterocycles. The maximum absolute atomic E-state index is 2.93. The Balaban J connectivity index is 1.49. The Morgan fingerprint density at radius 2 is 0.973 bits per heavy atom. The van der Waals surface area contributed by atoms with Crippen LogP contribution in [0.2, 0.25) is 0 Å². The molecule has 1 saturated heterocycles. The van der Waals surface area contributed by atoms with Gasteiger partial charge in [0.05, 0.1) is 13.8 Å². The Morgan fingerprint density at radius 1 is 0.486 bits per heavy atom. The third kappa shape index (κ3) is 4.02. The van der Waals surface area contributed by atoms with Crippen LogP contribution in [0.4, 0.5) is 5.69 Å². The van der Waals surface area contributed by atoms with Crippen LogP contribution in [0, 0.1) is 0 Å². The Bertz CT molecular complexity index is 1460. The van der Waals surface area contributed by atoms with E-state index in [2.05, 4.69) is 144 Å². The average Bonchev–Trinajstić information content (AvgIpc) is 3.42. The lowest BCUT2D eigenvalue weighted by Gasteiger charge is -2.47. The molecule has 0 bridgehead atoms. The number of hydrogen-bond acceptors (Lipinski definition) is 1. The minimum Gasteiger partial charge on any atom is -0.319 e. The second-order valence-electron chi connectivity index (χ2n) is 9.78. The highest BCUT2D eigenvalue weighted by molar-refractivity contribution is 7.86. The summed E-state index contributed by atoms with van der Waals surface area (Å²) in [6, 6.07) is 52.2. The maximum Gasteiger partial charge on any atom is 0.0591 e. The smallest absolute Gasteiger partial charge is 0.0591 e. The van der Waals surface area contributed by atoms with Gasteiger partial charge in [-0.05, 0) is 35.6 Å². The summed E-state index contributed by atoms with van der Waals surface area (Å²) in [6.45, 7) is 0. The third-order valence-corrected chi connectivity index (χ3v) is 14.1. The topological polar surface area (TPSA) is 3.24 Å². The molecule has 5 aromatic rings. The van der Waals surface area contributed by atoms with Gasteiger partial charge in [0.1, 0.15) is 0 Å². The molecule has 3 atom stereocenters. The summed E-state index contributed by atoms with van der Waals surface area (Å²) in [5.74, 6) is 0. The molecule has 0 saturated carbocycles. The van der Waals surface area contributed by atoms with E-state index in [-0.39, 0.29) is 0 Å². The first-order chi connectivity index (χ1) is 18.4. The molecule has 0 aliphatic carbocycles. The first-order valence-corrected chi connectivity index (χ1v) is 15.8. The lowest BCUT2D eigenvalue weighted by atomic mass is 10.0. The van der Waals surface area contributed by atoms with Crippen LogP contribution in [0.15, 0.2) is 140 Å². The van der Waals surface area contributed by atoms with E-state index < -0.39 is 16.1 Å². The van der Waals surface area contributed by atoms with E-state index in [1.807, 2.05) is 0 Å². The van der Waals surface area contributed by atoms with E-state index >= 15 is 0 Å². The summed E-state index contributed by atoms with van der Waals surface area (Å²) in [6.07, 6.45) is 2.46. The van der Waals surface area contributed by atoms with Crippen LogP contribution in [0.1, 0.15) is 35.3 Å². The van der Waals surface area contributed by atoms with Crippen molar-refractivity contribution in [3.63, 3.8) is 0 Å². The number of benzene rings is 5. The predicted molar refractivity (Wildman–Crippen MR) is 162 cm³/mol. The van der Waals surface area contributed by atoms with Crippen LogP contribution in [0.3, 0.4) is 0 Å². The first-order valence-electron chi connectivity index (χ1n) is 13.1. The van der Waals surface area contributed by atoms with Crippen molar-refractivity contribution in [3.05, 3.63) is 151 Å². The van der Waals surface area contributed by atoms with Gasteiger partial charge in [-0.2, -0.15) is 0 Å². The molecule has 0 radical (unpaired) electrons. The van der Waals surface area contributed by atoms with Gasteiger partial charge < -0.3 is 4.44 Å². The van der Waals surface area contributed by atoms with Crippen molar-refractivity contribution >= 4 is 32.4 Å². The highest BCUT2D eigenvalue weighted by Gasteiger charge is 2.46. The van der Waals surface area contributed by atoms with E-state index in [0.29, 0.717) is 11.3 Å². The van der Waals surface area contributed by atoms with Gasteiger partial charge in [0, 0.05) is 35.6 Å². The van der Waals surface area contributed by atoms with Crippen LogP contribution in [0.5, 0.6) is 0 Å². The van der Waals surface area contributed by atoms with Gasteiger partial charge in [0.25, 0.3) is 0 Å². The molecule has 0 aromatic heterocycles. The molecule has 5 aromatic carbocycles. The Hall–Kier alpha value is -3.24. The average molecular weight is 514 g/mol. The van der Waals surface area contributed by atoms with E-state index in [1.54, 1.807) is 0 Å². The summed E-state index contributed by atoms with van der Waals surface area (Å²) in [5, 5.41) is 2.92. The van der Waals surface area contributed by atoms with Crippen LogP contribution in [-0.2, 0) is 0 Å². The standard InChI is InChI=1S/C34H29NP2/c1-4-14-26(15-5-1)32-24-25-33(27-16-6-2-7-17-27)37(32)35-31-22-12-10-20-29(31)30-21-11-13-23-34(30)36(35)28-18-8-3-9-19-28/h1-23,32-33H,24-25H2/t32-,33-,36?/m0/s1. The summed E-state index contributed by atoms with van der Waals surface area (Å²) in [5.41, 5.74) is 8.23. The lowest BCUT2D eigenvalue weighted by molar-refractivity contribution is 0.765. The van der Waals surface area contributed by atoms with Crippen LogP contribution in [0.25, 0.3) is 11.1 Å². The molecule has 2 aliphatic heterocycles. The molecule has 180 valence electrons. The third-order valence-electron chi connectivity index (χ3n) is 7.67. The number of nitrogens with zero attached hydrogens (tertiary/aromatic N) is 1. The van der Waals surface area contributed by atoms with Gasteiger partial charge in [-0.15, -0.1) is 0 Å². The first kappa shape index (κ1) is 22.9. The molecule has 1 nitrogen and oxygen atoms in total. The number of para-hydroxylation sites is 1. The molecule has 37 heavy (non-hydrogen) atoms. The zero-order valence-corrected chi connectivity index (χ0v) is 22.5. The highest BCUT2D eigenvalue weighted by Crippen LogP contribution is 2.78. The van der Waals surface area contributed by atoms with Crippen LogP contribution >= 0.6 is 16.1 Å². The van der Waals surface area contributed by atoms with Crippen molar-refractivity contribution in [1.29, 1.82) is 0 Å². The second kappa shape index (κ2) is 9.90. The van der Waals surface area contributed by atoms with Crippen LogP contribution < -0.4 is 15.1 Å². The summed E-state index contributed by atoms with van der Waals surface area (Å²) in [7, 11) is -1.27. The monoisotopic (exact) mass is 513 g/mol. The fourth-order valence-electron chi connectivity index (χ4n) is 6.07. The molecule has 0 N–H and O–H groups in total. The molecule has 3 heteroatoms. The van der Waals surface area contributed by atoms with E-state index in [1.165, 1.54) is 51.4 Å². The SMILES string of the molecule is c1ccc([C@@H]2CC[C@@H](c3ccccc3)P2N2c3ccccc3-c3ccccc3P2c2ccccc2)cc1. The zero-order valence-electron chi connectivity index (χ0n) is 20.7. The fourth-order valence-corrected chi connectivity index (χ4v) is 13.6. The van der Waals surface area contributed by atoms with Gasteiger partial charge in [0.15, 0.2) is 0 Å². The Morgan fingerprint density at radius 3 is 1.59 bits per heavy atom. The summed E-state index contributed by atoms with van der Waals surface area (Å²) < 4.78 is 2.93.